The van der Waals surface area contributed by atoms with E-state index in [0.717, 1.165) is 16.7 Å². The SMILES string of the molecule is COP(=O)(CC(=O)c1cccc(-c2ccc(Cl)cc2CO[Si](C)(C)C(C)(C)C)c1)OC. The van der Waals surface area contributed by atoms with Gasteiger partial charge in [0.05, 0.1) is 6.61 Å². The van der Waals surface area contributed by atoms with Gasteiger partial charge in [-0.25, -0.2) is 0 Å². The molecule has 0 aliphatic carbocycles. The van der Waals surface area contributed by atoms with Gasteiger partial charge in [0.25, 0.3) is 0 Å². The lowest BCUT2D eigenvalue weighted by Crippen LogP contribution is -2.40. The fourth-order valence-corrected chi connectivity index (χ4v) is 4.85. The first-order chi connectivity index (χ1) is 14.3. The maximum atomic E-state index is 12.7. The summed E-state index contributed by atoms with van der Waals surface area (Å²) in [4.78, 5) is 12.7. The van der Waals surface area contributed by atoms with Gasteiger partial charge in [0.2, 0.25) is 0 Å². The van der Waals surface area contributed by atoms with E-state index in [1.165, 1.54) is 14.2 Å². The lowest BCUT2D eigenvalue weighted by molar-refractivity contribution is 0.101. The average molecular weight is 483 g/mol. The molecule has 2 aromatic rings. The van der Waals surface area contributed by atoms with Crippen LogP contribution in [0.1, 0.15) is 36.7 Å². The Bertz CT molecular complexity index is 976. The third-order valence-electron chi connectivity index (χ3n) is 5.85. The van der Waals surface area contributed by atoms with Crippen LogP contribution in [0.25, 0.3) is 11.1 Å². The Morgan fingerprint density at radius 2 is 1.71 bits per heavy atom. The molecular weight excluding hydrogens is 451 g/mol. The quantitative estimate of drug-likeness (QED) is 0.215. The molecule has 0 saturated carbocycles. The lowest BCUT2D eigenvalue weighted by atomic mass is 9.97. The lowest BCUT2D eigenvalue weighted by Gasteiger charge is -2.36. The number of Topliss-reactive ketones (excluding diaryl/α,β-unsaturated/α-hetero) is 1. The molecule has 0 N–H and O–H groups in total. The van der Waals surface area contributed by atoms with Crippen LogP contribution in [0.2, 0.25) is 23.2 Å². The van der Waals surface area contributed by atoms with Crippen molar-refractivity contribution >= 4 is 33.3 Å². The van der Waals surface area contributed by atoms with Crippen LogP contribution in [0.4, 0.5) is 0 Å². The largest absolute Gasteiger partial charge is 0.413 e. The number of benzene rings is 2. The molecule has 0 bridgehead atoms. The minimum atomic E-state index is -3.43. The highest BCUT2D eigenvalue weighted by atomic mass is 35.5. The molecule has 0 radical (unpaired) electrons. The standard InChI is InChI=1S/C23H32ClO5PSi/c1-23(2,3)31(6,7)29-15-19-14-20(24)11-12-21(19)17-9-8-10-18(13-17)22(25)16-30(26,27-4)28-5/h8-14H,15-16H2,1-7H3. The molecule has 0 heterocycles. The number of hydrogen-bond acceptors (Lipinski definition) is 5. The zero-order chi connectivity index (χ0) is 23.4. The number of carbonyl (C=O) groups excluding carboxylic acids is 1. The van der Waals surface area contributed by atoms with Gasteiger partial charge in [0.1, 0.15) is 6.16 Å². The maximum Gasteiger partial charge on any atom is 0.337 e. The van der Waals surface area contributed by atoms with Gasteiger partial charge in [-0.1, -0.05) is 56.6 Å². The second kappa shape index (κ2) is 10.1. The fraction of sp³-hybridized carbons (Fsp3) is 0.435. The smallest absolute Gasteiger partial charge is 0.337 e. The zero-order valence-electron chi connectivity index (χ0n) is 19.3. The predicted molar refractivity (Wildman–Crippen MR) is 130 cm³/mol. The number of carbonyl (C=O) groups is 1. The molecule has 0 amide bonds. The van der Waals surface area contributed by atoms with E-state index in [4.69, 9.17) is 25.1 Å². The van der Waals surface area contributed by atoms with E-state index in [1.54, 1.807) is 18.2 Å². The van der Waals surface area contributed by atoms with Gasteiger partial charge in [0.15, 0.2) is 14.1 Å². The molecule has 0 fully saturated rings. The van der Waals surface area contributed by atoms with E-state index in [0.29, 0.717) is 17.2 Å². The van der Waals surface area contributed by atoms with Crippen molar-refractivity contribution in [2.45, 2.75) is 45.5 Å². The monoisotopic (exact) mass is 482 g/mol. The fourth-order valence-electron chi connectivity index (χ4n) is 2.77. The third-order valence-corrected chi connectivity index (χ3v) is 12.4. The van der Waals surface area contributed by atoms with E-state index < -0.39 is 15.9 Å². The molecule has 0 atom stereocenters. The van der Waals surface area contributed by atoms with Crippen molar-refractivity contribution in [3.8, 4) is 11.1 Å². The number of hydrogen-bond donors (Lipinski definition) is 0. The highest BCUT2D eigenvalue weighted by molar-refractivity contribution is 7.54. The predicted octanol–water partition coefficient (Wildman–Crippen LogP) is 7.20. The van der Waals surface area contributed by atoms with Crippen LogP contribution in [0, 0.1) is 0 Å². The van der Waals surface area contributed by atoms with Gasteiger partial charge < -0.3 is 13.5 Å². The third kappa shape index (κ3) is 6.61. The topological polar surface area (TPSA) is 61.8 Å². The Kier molecular flexibility index (Phi) is 8.48. The first kappa shape index (κ1) is 26.0. The molecule has 2 rings (SSSR count). The van der Waals surface area contributed by atoms with Crippen LogP contribution in [0.3, 0.4) is 0 Å². The summed E-state index contributed by atoms with van der Waals surface area (Å²) in [5, 5.41) is 0.722. The molecule has 0 spiro atoms. The molecule has 170 valence electrons. The number of rotatable bonds is 9. The van der Waals surface area contributed by atoms with Gasteiger partial charge in [-0.05, 0) is 53.0 Å². The second-order valence-corrected chi connectivity index (χ2v) is 16.5. The van der Waals surface area contributed by atoms with Crippen molar-refractivity contribution in [2.24, 2.45) is 0 Å². The van der Waals surface area contributed by atoms with E-state index >= 15 is 0 Å². The van der Waals surface area contributed by atoms with Crippen molar-refractivity contribution in [1.29, 1.82) is 0 Å². The van der Waals surface area contributed by atoms with Crippen LogP contribution < -0.4 is 0 Å². The van der Waals surface area contributed by atoms with Crippen LogP contribution in [-0.2, 0) is 24.6 Å². The van der Waals surface area contributed by atoms with Crippen LogP contribution >= 0.6 is 19.2 Å². The Morgan fingerprint density at radius 3 is 2.29 bits per heavy atom. The van der Waals surface area contributed by atoms with Crippen molar-refractivity contribution in [1.82, 2.24) is 0 Å². The highest BCUT2D eigenvalue weighted by Gasteiger charge is 2.37. The van der Waals surface area contributed by atoms with Gasteiger partial charge >= 0.3 is 7.60 Å². The second-order valence-electron chi connectivity index (χ2n) is 8.99. The van der Waals surface area contributed by atoms with Gasteiger partial charge in [-0.15, -0.1) is 0 Å². The molecule has 0 saturated heterocycles. The van der Waals surface area contributed by atoms with E-state index in [1.807, 2.05) is 24.3 Å². The van der Waals surface area contributed by atoms with Crippen molar-refractivity contribution in [2.75, 3.05) is 20.4 Å². The van der Waals surface area contributed by atoms with Crippen LogP contribution in [0.15, 0.2) is 42.5 Å². The zero-order valence-corrected chi connectivity index (χ0v) is 22.0. The normalized spacial score (nSPS) is 12.8. The molecule has 2 aromatic carbocycles. The summed E-state index contributed by atoms with van der Waals surface area (Å²) in [6.45, 7) is 11.5. The van der Waals surface area contributed by atoms with Gasteiger partial charge in [-0.3, -0.25) is 9.36 Å². The summed E-state index contributed by atoms with van der Waals surface area (Å²) in [5.74, 6) is -0.304. The summed E-state index contributed by atoms with van der Waals surface area (Å²) >= 11 is 6.27. The summed E-state index contributed by atoms with van der Waals surface area (Å²) in [5.41, 5.74) is 3.21. The van der Waals surface area contributed by atoms with Crippen molar-refractivity contribution in [3.05, 3.63) is 58.6 Å². The molecule has 5 nitrogen and oxygen atoms in total. The Balaban J connectivity index is 2.36. The molecule has 0 aromatic heterocycles. The first-order valence-electron chi connectivity index (χ1n) is 10.1. The number of halogens is 1. The minimum absolute atomic E-state index is 0.0920. The van der Waals surface area contributed by atoms with Crippen LogP contribution in [-0.4, -0.2) is 34.5 Å². The van der Waals surface area contributed by atoms with Gasteiger partial charge in [0, 0.05) is 24.8 Å². The van der Waals surface area contributed by atoms with Gasteiger partial charge in [-0.2, -0.15) is 0 Å². The van der Waals surface area contributed by atoms with Crippen molar-refractivity contribution < 1.29 is 22.8 Å². The van der Waals surface area contributed by atoms with Crippen molar-refractivity contribution in [3.63, 3.8) is 0 Å². The molecule has 8 heteroatoms. The molecule has 0 unspecified atom stereocenters. The summed E-state index contributed by atoms with van der Waals surface area (Å²) < 4.78 is 28.6. The molecule has 31 heavy (non-hydrogen) atoms. The van der Waals surface area contributed by atoms with E-state index in [9.17, 15) is 9.36 Å². The summed E-state index contributed by atoms with van der Waals surface area (Å²) in [6, 6.07) is 12.9. The van der Waals surface area contributed by atoms with E-state index in [2.05, 4.69) is 33.9 Å². The Morgan fingerprint density at radius 1 is 1.06 bits per heavy atom. The summed E-state index contributed by atoms with van der Waals surface area (Å²) in [7, 11) is -2.83. The molecule has 0 aliphatic heterocycles. The Labute approximate surface area is 191 Å². The molecule has 0 aliphatic rings. The first-order valence-corrected chi connectivity index (χ1v) is 15.1. The Hall–Kier alpha value is -1.27. The minimum Gasteiger partial charge on any atom is -0.413 e. The van der Waals surface area contributed by atoms with E-state index in [-0.39, 0.29) is 17.0 Å². The van der Waals surface area contributed by atoms with Crippen LogP contribution in [0.5, 0.6) is 0 Å². The maximum absolute atomic E-state index is 12.7. The molecular formula is C23H32ClO5PSi. The highest BCUT2D eigenvalue weighted by Crippen LogP contribution is 2.46. The summed E-state index contributed by atoms with van der Waals surface area (Å²) in [6.07, 6.45) is -0.314. The average Bonchev–Trinajstić information content (AvgIpc) is 2.71. The number of ketones is 1.